The molecule has 0 spiro atoms. The fraction of sp³-hybridized carbons (Fsp3) is 0.643. The van der Waals surface area contributed by atoms with E-state index >= 15 is 0 Å². The van der Waals surface area contributed by atoms with Gasteiger partial charge >= 0.3 is 0 Å². The van der Waals surface area contributed by atoms with Gasteiger partial charge in [-0.25, -0.2) is 0 Å². The average Bonchev–Trinajstić information content (AvgIpc) is 2.38. The van der Waals surface area contributed by atoms with Gasteiger partial charge in [-0.3, -0.25) is 4.79 Å². The molecule has 0 amide bonds. The molecule has 1 aromatic heterocycles. The number of piperidine rings is 1. The topological polar surface area (TPSA) is 48.1 Å². The summed E-state index contributed by atoms with van der Waals surface area (Å²) in [6, 6.07) is 4.06. The van der Waals surface area contributed by atoms with Crippen LogP contribution in [0.1, 0.15) is 31.7 Å². The maximum absolute atomic E-state index is 11.2. The highest BCUT2D eigenvalue weighted by Crippen LogP contribution is 2.08. The molecule has 1 aliphatic rings. The van der Waals surface area contributed by atoms with Crippen molar-refractivity contribution in [3.05, 3.63) is 34.2 Å². The van der Waals surface area contributed by atoms with Gasteiger partial charge < -0.3 is 15.2 Å². The van der Waals surface area contributed by atoms with Gasteiger partial charge in [0.1, 0.15) is 0 Å². The van der Waals surface area contributed by atoms with E-state index in [1.54, 1.807) is 12.3 Å². The summed E-state index contributed by atoms with van der Waals surface area (Å²) in [6.45, 7) is 6.54. The molecule has 100 valence electrons. The molecule has 1 saturated heterocycles. The summed E-state index contributed by atoms with van der Waals surface area (Å²) < 4.78 is 0. The lowest BCUT2D eigenvalue weighted by Crippen LogP contribution is -2.41. The van der Waals surface area contributed by atoms with Gasteiger partial charge in [0, 0.05) is 31.4 Å². The van der Waals surface area contributed by atoms with Gasteiger partial charge in [-0.2, -0.15) is 0 Å². The van der Waals surface area contributed by atoms with Crippen molar-refractivity contribution >= 4 is 0 Å². The molecule has 0 aliphatic carbocycles. The SMILES string of the molecule is CC(CN1CCCCC1)NCc1cc[nH]c(=O)c1. The molecule has 2 rings (SSSR count). The van der Waals surface area contributed by atoms with Gasteiger partial charge in [0.05, 0.1) is 0 Å². The first kappa shape index (κ1) is 13.3. The third-order valence-corrected chi connectivity index (χ3v) is 3.47. The maximum atomic E-state index is 11.2. The highest BCUT2D eigenvalue weighted by atomic mass is 16.1. The summed E-state index contributed by atoms with van der Waals surface area (Å²) in [6.07, 6.45) is 5.75. The fourth-order valence-electron chi connectivity index (χ4n) is 2.48. The summed E-state index contributed by atoms with van der Waals surface area (Å²) in [7, 11) is 0. The van der Waals surface area contributed by atoms with E-state index in [9.17, 15) is 4.79 Å². The fourth-order valence-corrected chi connectivity index (χ4v) is 2.48. The molecule has 1 fully saturated rings. The molecular formula is C14H23N3O. The molecule has 2 N–H and O–H groups in total. The van der Waals surface area contributed by atoms with Crippen LogP contribution in [0, 0.1) is 0 Å². The first-order valence-electron chi connectivity index (χ1n) is 6.87. The monoisotopic (exact) mass is 249 g/mol. The molecule has 18 heavy (non-hydrogen) atoms. The Morgan fingerprint density at radius 1 is 1.39 bits per heavy atom. The van der Waals surface area contributed by atoms with Crippen LogP contribution >= 0.6 is 0 Å². The predicted molar refractivity (Wildman–Crippen MR) is 73.7 cm³/mol. The molecule has 1 unspecified atom stereocenters. The molecule has 2 heterocycles. The summed E-state index contributed by atoms with van der Waals surface area (Å²) in [4.78, 5) is 16.3. The van der Waals surface area contributed by atoms with E-state index in [0.29, 0.717) is 6.04 Å². The van der Waals surface area contributed by atoms with E-state index in [1.807, 2.05) is 6.07 Å². The minimum absolute atomic E-state index is 0.0296. The molecule has 0 bridgehead atoms. The quantitative estimate of drug-likeness (QED) is 0.828. The Labute approximate surface area is 108 Å². The van der Waals surface area contributed by atoms with E-state index in [1.165, 1.54) is 32.4 Å². The van der Waals surface area contributed by atoms with Gasteiger partial charge in [0.15, 0.2) is 0 Å². The largest absolute Gasteiger partial charge is 0.329 e. The summed E-state index contributed by atoms with van der Waals surface area (Å²) in [5, 5.41) is 3.48. The standard InChI is InChI=1S/C14H23N3O/c1-12(11-17-7-3-2-4-8-17)16-10-13-5-6-15-14(18)9-13/h5-6,9,12,16H,2-4,7-8,10-11H2,1H3,(H,15,18). The third-order valence-electron chi connectivity index (χ3n) is 3.47. The lowest BCUT2D eigenvalue weighted by molar-refractivity contribution is 0.209. The number of nitrogens with one attached hydrogen (secondary N) is 2. The van der Waals surface area contributed by atoms with Crippen LogP contribution in [0.15, 0.2) is 23.1 Å². The van der Waals surface area contributed by atoms with Crippen LogP contribution in [0.3, 0.4) is 0 Å². The van der Waals surface area contributed by atoms with Gasteiger partial charge in [0.25, 0.3) is 0 Å². The third kappa shape index (κ3) is 4.27. The molecule has 0 saturated carbocycles. The number of hydrogen-bond acceptors (Lipinski definition) is 3. The van der Waals surface area contributed by atoms with Crippen molar-refractivity contribution in [2.75, 3.05) is 19.6 Å². The Morgan fingerprint density at radius 3 is 2.89 bits per heavy atom. The molecular weight excluding hydrogens is 226 g/mol. The normalized spacial score (nSPS) is 18.7. The van der Waals surface area contributed by atoms with E-state index < -0.39 is 0 Å². The van der Waals surface area contributed by atoms with Crippen molar-refractivity contribution in [2.24, 2.45) is 0 Å². The highest BCUT2D eigenvalue weighted by molar-refractivity contribution is 5.09. The Kier molecular flexibility index (Phi) is 4.96. The zero-order valence-corrected chi connectivity index (χ0v) is 11.1. The van der Waals surface area contributed by atoms with Crippen LogP contribution in [0.25, 0.3) is 0 Å². The van der Waals surface area contributed by atoms with Gasteiger partial charge in [-0.1, -0.05) is 6.42 Å². The number of aromatic amines is 1. The van der Waals surface area contributed by atoms with E-state index in [2.05, 4.69) is 22.1 Å². The predicted octanol–water partition coefficient (Wildman–Crippen LogP) is 1.34. The van der Waals surface area contributed by atoms with Crippen LogP contribution < -0.4 is 10.9 Å². The second-order valence-corrected chi connectivity index (χ2v) is 5.20. The first-order valence-corrected chi connectivity index (χ1v) is 6.87. The summed E-state index contributed by atoms with van der Waals surface area (Å²) in [5.74, 6) is 0. The number of pyridine rings is 1. The molecule has 0 radical (unpaired) electrons. The maximum Gasteiger partial charge on any atom is 0.248 e. The van der Waals surface area contributed by atoms with Crippen molar-refractivity contribution < 1.29 is 0 Å². The number of aromatic nitrogens is 1. The van der Waals surface area contributed by atoms with Crippen LogP contribution in [0.5, 0.6) is 0 Å². The van der Waals surface area contributed by atoms with Crippen molar-refractivity contribution in [3.63, 3.8) is 0 Å². The number of hydrogen-bond donors (Lipinski definition) is 2. The number of H-pyrrole nitrogens is 1. The number of likely N-dealkylation sites (tertiary alicyclic amines) is 1. The van der Waals surface area contributed by atoms with E-state index in [4.69, 9.17) is 0 Å². The summed E-state index contributed by atoms with van der Waals surface area (Å²) in [5.41, 5.74) is 1.02. The van der Waals surface area contributed by atoms with E-state index in [0.717, 1.165) is 18.7 Å². The van der Waals surface area contributed by atoms with Gasteiger partial charge in [-0.05, 0) is 44.5 Å². The minimum atomic E-state index is -0.0296. The molecule has 1 atom stereocenters. The minimum Gasteiger partial charge on any atom is -0.329 e. The molecule has 1 aliphatic heterocycles. The Balaban J connectivity index is 1.74. The average molecular weight is 249 g/mol. The Morgan fingerprint density at radius 2 is 2.17 bits per heavy atom. The van der Waals surface area contributed by atoms with E-state index in [-0.39, 0.29) is 5.56 Å². The van der Waals surface area contributed by atoms with Crippen molar-refractivity contribution in [2.45, 2.75) is 38.8 Å². The molecule has 1 aromatic rings. The zero-order valence-electron chi connectivity index (χ0n) is 11.1. The summed E-state index contributed by atoms with van der Waals surface area (Å²) >= 11 is 0. The van der Waals surface area contributed by atoms with Gasteiger partial charge in [-0.15, -0.1) is 0 Å². The molecule has 4 nitrogen and oxygen atoms in total. The highest BCUT2D eigenvalue weighted by Gasteiger charge is 2.12. The van der Waals surface area contributed by atoms with Crippen molar-refractivity contribution in [1.82, 2.24) is 15.2 Å². The Hall–Kier alpha value is -1.13. The van der Waals surface area contributed by atoms with Crippen LogP contribution in [0.4, 0.5) is 0 Å². The Bertz CT molecular complexity index is 410. The van der Waals surface area contributed by atoms with Crippen molar-refractivity contribution in [3.8, 4) is 0 Å². The first-order chi connectivity index (χ1) is 8.74. The molecule has 0 aromatic carbocycles. The second kappa shape index (κ2) is 6.71. The van der Waals surface area contributed by atoms with Crippen LogP contribution in [-0.4, -0.2) is 35.6 Å². The van der Waals surface area contributed by atoms with Crippen LogP contribution in [0.2, 0.25) is 0 Å². The van der Waals surface area contributed by atoms with Crippen molar-refractivity contribution in [1.29, 1.82) is 0 Å². The zero-order chi connectivity index (χ0) is 12.8. The number of rotatable bonds is 5. The molecule has 4 heteroatoms. The number of nitrogens with zero attached hydrogens (tertiary/aromatic N) is 1. The van der Waals surface area contributed by atoms with Gasteiger partial charge in [0.2, 0.25) is 5.56 Å². The smallest absolute Gasteiger partial charge is 0.248 e. The lowest BCUT2D eigenvalue weighted by Gasteiger charge is -2.29. The lowest BCUT2D eigenvalue weighted by atomic mass is 10.1. The second-order valence-electron chi connectivity index (χ2n) is 5.20. The van der Waals surface area contributed by atoms with Crippen LogP contribution in [-0.2, 0) is 6.54 Å².